The van der Waals surface area contributed by atoms with E-state index < -0.39 is 17.9 Å². The lowest BCUT2D eigenvalue weighted by Gasteiger charge is -2.16. The first-order chi connectivity index (χ1) is 8.86. The number of hydrogen-bond acceptors (Lipinski definition) is 5. The average Bonchev–Trinajstić information content (AvgIpc) is 2.32. The van der Waals surface area contributed by atoms with Crippen LogP contribution in [-0.4, -0.2) is 41.8 Å². The summed E-state index contributed by atoms with van der Waals surface area (Å²) in [6.45, 7) is 1.97. The Bertz CT molecular complexity index is 462. The monoisotopic (exact) mass is 271 g/mol. The van der Waals surface area contributed by atoms with Gasteiger partial charge in [0.1, 0.15) is 11.6 Å². The van der Waals surface area contributed by atoms with Gasteiger partial charge < -0.3 is 19.8 Å². The van der Waals surface area contributed by atoms with Crippen molar-refractivity contribution >= 4 is 5.97 Å². The van der Waals surface area contributed by atoms with Crippen molar-refractivity contribution in [2.24, 2.45) is 0 Å². The summed E-state index contributed by atoms with van der Waals surface area (Å²) in [7, 11) is 3.51. The number of aromatic hydroxyl groups is 1. The number of hydrogen-bond donors (Lipinski definition) is 2. The molecule has 0 aliphatic carbocycles. The second kappa shape index (κ2) is 6.49. The van der Waals surface area contributed by atoms with E-state index in [2.05, 4.69) is 4.74 Å². The Labute approximate surface area is 111 Å². The van der Waals surface area contributed by atoms with E-state index in [9.17, 15) is 19.4 Å². The number of ether oxygens (including phenoxy) is 1. The molecule has 1 aromatic rings. The summed E-state index contributed by atoms with van der Waals surface area (Å²) in [4.78, 5) is 13.2. The van der Waals surface area contributed by atoms with E-state index in [-0.39, 0.29) is 24.5 Å². The van der Waals surface area contributed by atoms with E-state index in [0.717, 1.165) is 12.1 Å². The largest absolute Gasteiger partial charge is 0.507 e. The SMILES string of the molecule is CCOC(=O)C(O)c1cc(F)cc(CN(C)C)c1O. The van der Waals surface area contributed by atoms with Crippen molar-refractivity contribution in [3.05, 3.63) is 29.1 Å². The van der Waals surface area contributed by atoms with Gasteiger partial charge >= 0.3 is 5.97 Å². The van der Waals surface area contributed by atoms with Crippen molar-refractivity contribution < 1.29 is 24.1 Å². The van der Waals surface area contributed by atoms with E-state index in [0.29, 0.717) is 5.56 Å². The van der Waals surface area contributed by atoms with Crippen LogP contribution in [0.1, 0.15) is 24.2 Å². The number of nitrogens with zero attached hydrogens (tertiary/aromatic N) is 1. The maximum Gasteiger partial charge on any atom is 0.339 e. The molecule has 0 radical (unpaired) electrons. The number of esters is 1. The van der Waals surface area contributed by atoms with Crippen LogP contribution in [-0.2, 0) is 16.1 Å². The van der Waals surface area contributed by atoms with Gasteiger partial charge in [-0.1, -0.05) is 0 Å². The molecule has 0 heterocycles. The van der Waals surface area contributed by atoms with E-state index >= 15 is 0 Å². The predicted octanol–water partition coefficient (Wildman–Crippen LogP) is 1.19. The van der Waals surface area contributed by atoms with E-state index in [1.807, 2.05) is 0 Å². The van der Waals surface area contributed by atoms with Crippen LogP contribution in [0.15, 0.2) is 12.1 Å². The molecular weight excluding hydrogens is 253 g/mol. The molecule has 6 heteroatoms. The van der Waals surface area contributed by atoms with Gasteiger partial charge in [-0.2, -0.15) is 0 Å². The van der Waals surface area contributed by atoms with Gasteiger partial charge in [-0.05, 0) is 33.2 Å². The first-order valence-corrected chi connectivity index (χ1v) is 5.87. The molecule has 0 amide bonds. The minimum Gasteiger partial charge on any atom is -0.507 e. The molecule has 0 saturated heterocycles. The van der Waals surface area contributed by atoms with Crippen molar-refractivity contribution in [3.63, 3.8) is 0 Å². The zero-order chi connectivity index (χ0) is 14.6. The number of halogens is 1. The number of carbonyl (C=O) groups is 1. The van der Waals surface area contributed by atoms with Gasteiger partial charge in [0.25, 0.3) is 0 Å². The Hall–Kier alpha value is -1.66. The lowest BCUT2D eigenvalue weighted by molar-refractivity contribution is -0.153. The summed E-state index contributed by atoms with van der Waals surface area (Å²) >= 11 is 0. The van der Waals surface area contributed by atoms with Crippen LogP contribution in [0.2, 0.25) is 0 Å². The Morgan fingerprint density at radius 1 is 1.47 bits per heavy atom. The van der Waals surface area contributed by atoms with Crippen LogP contribution in [0.5, 0.6) is 5.75 Å². The number of benzene rings is 1. The third kappa shape index (κ3) is 3.90. The molecule has 0 aliphatic rings. The number of aliphatic hydroxyl groups excluding tert-OH is 1. The molecule has 0 aliphatic heterocycles. The highest BCUT2D eigenvalue weighted by atomic mass is 19.1. The fourth-order valence-corrected chi connectivity index (χ4v) is 1.70. The van der Waals surface area contributed by atoms with E-state index in [4.69, 9.17) is 0 Å². The minimum absolute atomic E-state index is 0.0938. The number of phenols is 1. The molecule has 1 atom stereocenters. The van der Waals surface area contributed by atoms with Crippen molar-refractivity contribution in [2.75, 3.05) is 20.7 Å². The van der Waals surface area contributed by atoms with Crippen molar-refractivity contribution in [1.82, 2.24) is 4.90 Å². The van der Waals surface area contributed by atoms with Gasteiger partial charge in [-0.3, -0.25) is 0 Å². The van der Waals surface area contributed by atoms with Gasteiger partial charge in [-0.25, -0.2) is 9.18 Å². The van der Waals surface area contributed by atoms with Crippen LogP contribution in [0.4, 0.5) is 4.39 Å². The smallest absolute Gasteiger partial charge is 0.339 e. The molecule has 0 fully saturated rings. The highest BCUT2D eigenvalue weighted by Gasteiger charge is 2.24. The van der Waals surface area contributed by atoms with Gasteiger partial charge in [0.2, 0.25) is 0 Å². The Balaban J connectivity index is 3.13. The number of carbonyl (C=O) groups excluding carboxylic acids is 1. The van der Waals surface area contributed by atoms with E-state index in [1.54, 1.807) is 25.9 Å². The molecule has 1 aromatic carbocycles. The van der Waals surface area contributed by atoms with Crippen LogP contribution in [0.3, 0.4) is 0 Å². The fraction of sp³-hybridized carbons (Fsp3) is 0.462. The number of rotatable bonds is 5. The topological polar surface area (TPSA) is 70.0 Å². The van der Waals surface area contributed by atoms with E-state index in [1.165, 1.54) is 0 Å². The molecule has 0 bridgehead atoms. The summed E-state index contributed by atoms with van der Waals surface area (Å²) in [6, 6.07) is 2.09. The van der Waals surface area contributed by atoms with Crippen LogP contribution >= 0.6 is 0 Å². The third-order valence-corrected chi connectivity index (χ3v) is 2.47. The Morgan fingerprint density at radius 3 is 2.63 bits per heavy atom. The highest BCUT2D eigenvalue weighted by Crippen LogP contribution is 2.30. The maximum atomic E-state index is 13.5. The van der Waals surface area contributed by atoms with Crippen molar-refractivity contribution in [2.45, 2.75) is 19.6 Å². The normalized spacial score (nSPS) is 12.5. The minimum atomic E-state index is -1.70. The number of phenolic OH excluding ortho intramolecular Hbond substituents is 1. The molecule has 106 valence electrons. The van der Waals surface area contributed by atoms with Crippen LogP contribution in [0, 0.1) is 5.82 Å². The van der Waals surface area contributed by atoms with Gasteiger partial charge in [0.05, 0.1) is 6.61 Å². The number of aliphatic hydroxyl groups is 1. The zero-order valence-corrected chi connectivity index (χ0v) is 11.2. The lowest BCUT2D eigenvalue weighted by Crippen LogP contribution is -2.17. The average molecular weight is 271 g/mol. The summed E-state index contributed by atoms with van der Waals surface area (Å²) in [6.07, 6.45) is -1.70. The molecule has 0 aromatic heterocycles. The Kier molecular flexibility index (Phi) is 5.26. The third-order valence-electron chi connectivity index (χ3n) is 2.47. The van der Waals surface area contributed by atoms with Crippen molar-refractivity contribution in [1.29, 1.82) is 0 Å². The van der Waals surface area contributed by atoms with Crippen LogP contribution < -0.4 is 0 Å². The molecular formula is C13H18FNO4. The van der Waals surface area contributed by atoms with Crippen LogP contribution in [0.25, 0.3) is 0 Å². The molecule has 19 heavy (non-hydrogen) atoms. The molecule has 0 spiro atoms. The quantitative estimate of drug-likeness (QED) is 0.787. The summed E-state index contributed by atoms with van der Waals surface area (Å²) in [5, 5.41) is 19.8. The van der Waals surface area contributed by atoms with Gasteiger partial charge in [0, 0.05) is 17.7 Å². The fourth-order valence-electron chi connectivity index (χ4n) is 1.70. The molecule has 0 saturated carbocycles. The summed E-state index contributed by atoms with van der Waals surface area (Å²) < 4.78 is 18.1. The summed E-state index contributed by atoms with van der Waals surface area (Å²) in [5.41, 5.74) is 0.110. The lowest BCUT2D eigenvalue weighted by atomic mass is 10.0. The standard InChI is InChI=1S/C13H18FNO4/c1-4-19-13(18)12(17)10-6-9(14)5-8(11(10)16)7-15(2)3/h5-6,12,16-17H,4,7H2,1-3H3. The molecule has 2 N–H and O–H groups in total. The second-order valence-electron chi connectivity index (χ2n) is 4.40. The molecule has 5 nitrogen and oxygen atoms in total. The molecule has 1 rings (SSSR count). The predicted molar refractivity (Wildman–Crippen MR) is 67.0 cm³/mol. The molecule has 1 unspecified atom stereocenters. The maximum absolute atomic E-state index is 13.5. The first-order valence-electron chi connectivity index (χ1n) is 5.87. The Morgan fingerprint density at radius 2 is 2.11 bits per heavy atom. The zero-order valence-electron chi connectivity index (χ0n) is 11.2. The second-order valence-corrected chi connectivity index (χ2v) is 4.40. The highest BCUT2D eigenvalue weighted by molar-refractivity contribution is 5.77. The first kappa shape index (κ1) is 15.4. The van der Waals surface area contributed by atoms with Gasteiger partial charge in [0.15, 0.2) is 6.10 Å². The summed E-state index contributed by atoms with van der Waals surface area (Å²) in [5.74, 6) is -1.84. The van der Waals surface area contributed by atoms with Crippen molar-refractivity contribution in [3.8, 4) is 5.75 Å². The van der Waals surface area contributed by atoms with Gasteiger partial charge in [-0.15, -0.1) is 0 Å².